The zero-order valence-corrected chi connectivity index (χ0v) is 40.6. The van der Waals surface area contributed by atoms with Crippen LogP contribution in [0.5, 0.6) is 0 Å². The summed E-state index contributed by atoms with van der Waals surface area (Å²) in [7, 11) is 4.52. The molecule has 0 aromatic rings. The van der Waals surface area contributed by atoms with Crippen molar-refractivity contribution in [3.05, 3.63) is 47.6 Å². The summed E-state index contributed by atoms with van der Waals surface area (Å²) in [5, 5.41) is 33.8. The number of ketones is 3. The summed E-state index contributed by atoms with van der Waals surface area (Å²) in [5.41, 5.74) is 1.27. The molecule has 3 N–H and O–H groups in total. The highest BCUT2D eigenvalue weighted by Crippen LogP contribution is 2.38. The second kappa shape index (κ2) is 25.1. The normalized spacial score (nSPS) is 37.8. The van der Waals surface area contributed by atoms with Crippen LogP contribution >= 0.6 is 0 Å². The van der Waals surface area contributed by atoms with Crippen molar-refractivity contribution in [1.82, 2.24) is 4.90 Å². The number of hydrogen-bond donors (Lipinski definition) is 3. The van der Waals surface area contributed by atoms with Crippen molar-refractivity contribution in [3.63, 3.8) is 0 Å². The van der Waals surface area contributed by atoms with Crippen LogP contribution in [0.4, 0.5) is 0 Å². The minimum absolute atomic E-state index is 0.0193. The Labute approximate surface area is 387 Å². The van der Waals surface area contributed by atoms with Gasteiger partial charge in [0.25, 0.3) is 11.7 Å². The number of amides is 1. The summed E-state index contributed by atoms with van der Waals surface area (Å²) in [6.45, 7) is 12.7. The molecule has 2 bridgehead atoms. The highest BCUT2D eigenvalue weighted by molar-refractivity contribution is 6.39. The number of ether oxygens (including phenoxy) is 5. The SMILES string of the molecule is CO[C@@H]1C(=O)[C@H](C)C[C@@H](C)C=CC=CC=C(C)[C@H](OC)C[C@H]2CC[C@H](C)[C@@](O)(O2)C(=O)C(=O)N2CCCC[C@@H]2C(=O)O[C@H]([C@H](C)C[C@@H]2CC[C@H](O)[C@H](OC)C2)CC(=O)[C@H](C)C=C(C)[C@@H]1O. The number of allylic oxidation sites excluding steroid dienone is 6. The first-order valence-corrected chi connectivity index (χ1v) is 23.9. The second-order valence-electron chi connectivity index (χ2n) is 19.6. The number of rotatable bonds is 6. The number of hydrogen-bond acceptors (Lipinski definition) is 13. The van der Waals surface area contributed by atoms with E-state index >= 15 is 0 Å². The first-order chi connectivity index (χ1) is 30.7. The molecule has 3 heterocycles. The molecule has 0 aromatic carbocycles. The van der Waals surface area contributed by atoms with Crippen molar-refractivity contribution in [2.75, 3.05) is 27.9 Å². The molecule has 3 aliphatic heterocycles. The third kappa shape index (κ3) is 14.3. The average molecular weight is 914 g/mol. The van der Waals surface area contributed by atoms with Gasteiger partial charge in [-0.1, -0.05) is 71.1 Å². The van der Waals surface area contributed by atoms with Crippen molar-refractivity contribution in [2.45, 2.75) is 180 Å². The lowest BCUT2D eigenvalue weighted by Gasteiger charge is -2.42. The monoisotopic (exact) mass is 914 g/mol. The summed E-state index contributed by atoms with van der Waals surface area (Å²) in [6.07, 6.45) is 11.2. The Morgan fingerprint density at radius 3 is 2.25 bits per heavy atom. The van der Waals surface area contributed by atoms with Gasteiger partial charge < -0.3 is 43.9 Å². The maximum absolute atomic E-state index is 14.4. The lowest BCUT2D eigenvalue weighted by atomic mass is 9.78. The molecular weight excluding hydrogens is 835 g/mol. The zero-order chi connectivity index (χ0) is 48.2. The first kappa shape index (κ1) is 54.2. The summed E-state index contributed by atoms with van der Waals surface area (Å²) in [6, 6.07) is -1.14. The quantitative estimate of drug-likeness (QED) is 0.156. The van der Waals surface area contributed by atoms with Crippen molar-refractivity contribution < 1.29 is 63.0 Å². The number of esters is 1. The van der Waals surface area contributed by atoms with E-state index < -0.39 is 83.9 Å². The van der Waals surface area contributed by atoms with Crippen LogP contribution in [0.2, 0.25) is 0 Å². The third-order valence-corrected chi connectivity index (χ3v) is 14.5. The zero-order valence-electron chi connectivity index (χ0n) is 40.6. The molecule has 3 fully saturated rings. The standard InChI is InChI=1S/C51H79NO13/c1-30-16-12-11-13-17-31(2)42(61-8)28-38-21-19-36(7)51(60,65-38)48(57)49(58)52-23-15-14-18-39(52)50(59)64-43(33(4)26-37-20-22-40(53)44(27-37)62-9)29-41(54)32(3)25-35(6)46(56)47(63-10)45(55)34(5)24-30/h11-13,16-17,25,30,32-34,36-40,42-44,46-47,53,56,60H,14-15,18-24,26-29H2,1-10H3/t30-,32+,33+,34+,36-,37-,38+,39+,40-,42+,43-,44+,46-,47+,51+/m0/s1. The molecular formula is C51H79NO13. The largest absolute Gasteiger partial charge is 0.460 e. The number of aliphatic hydroxyl groups is 3. The summed E-state index contributed by atoms with van der Waals surface area (Å²) in [5.74, 6) is -7.96. The van der Waals surface area contributed by atoms with E-state index in [1.165, 1.54) is 12.0 Å². The van der Waals surface area contributed by atoms with Gasteiger partial charge in [0.2, 0.25) is 5.79 Å². The fourth-order valence-corrected chi connectivity index (χ4v) is 10.1. The summed E-state index contributed by atoms with van der Waals surface area (Å²) in [4.78, 5) is 71.8. The Hall–Kier alpha value is -3.37. The van der Waals surface area contributed by atoms with Crippen molar-refractivity contribution >= 4 is 29.2 Å². The fourth-order valence-electron chi connectivity index (χ4n) is 10.1. The number of carbonyl (C=O) groups is 5. The first-order valence-electron chi connectivity index (χ1n) is 23.9. The van der Waals surface area contributed by atoms with Crippen molar-refractivity contribution in [3.8, 4) is 0 Å². The van der Waals surface area contributed by atoms with E-state index in [1.807, 2.05) is 58.1 Å². The van der Waals surface area contributed by atoms with E-state index in [-0.39, 0.29) is 54.8 Å². The average Bonchev–Trinajstić information content (AvgIpc) is 3.28. The van der Waals surface area contributed by atoms with E-state index in [9.17, 15) is 39.3 Å². The molecule has 14 nitrogen and oxygen atoms in total. The van der Waals surface area contributed by atoms with E-state index in [2.05, 4.69) is 0 Å². The Morgan fingerprint density at radius 1 is 0.846 bits per heavy atom. The van der Waals surface area contributed by atoms with Crippen LogP contribution in [0.15, 0.2) is 47.6 Å². The number of piperidine rings is 1. The molecule has 1 amide bonds. The molecule has 1 saturated carbocycles. The molecule has 4 aliphatic rings. The number of fused-ring (bicyclic) bond motifs is 3. The van der Waals surface area contributed by atoms with Crippen molar-refractivity contribution in [2.24, 2.45) is 35.5 Å². The van der Waals surface area contributed by atoms with E-state index in [0.29, 0.717) is 63.4 Å². The van der Waals surface area contributed by atoms with Crippen LogP contribution < -0.4 is 0 Å². The van der Waals surface area contributed by atoms with E-state index in [1.54, 1.807) is 41.1 Å². The minimum Gasteiger partial charge on any atom is -0.460 e. The van der Waals surface area contributed by atoms with Gasteiger partial charge in [0, 0.05) is 58.5 Å². The summed E-state index contributed by atoms with van der Waals surface area (Å²) >= 11 is 0. The smallest absolute Gasteiger partial charge is 0.329 e. The number of cyclic esters (lactones) is 1. The maximum atomic E-state index is 14.4. The Balaban J connectivity index is 1.70. The molecule has 0 unspecified atom stereocenters. The van der Waals surface area contributed by atoms with Crippen LogP contribution in [-0.4, -0.2) is 132 Å². The molecule has 0 radical (unpaired) electrons. The lowest BCUT2D eigenvalue weighted by molar-refractivity contribution is -0.265. The van der Waals surface area contributed by atoms with Gasteiger partial charge in [-0.2, -0.15) is 0 Å². The Bertz CT molecular complexity index is 1760. The molecule has 2 saturated heterocycles. The Morgan fingerprint density at radius 2 is 1.57 bits per heavy atom. The molecule has 0 spiro atoms. The van der Waals surface area contributed by atoms with Crippen LogP contribution in [0.1, 0.15) is 126 Å². The maximum Gasteiger partial charge on any atom is 0.329 e. The predicted octanol–water partition coefficient (Wildman–Crippen LogP) is 6.18. The van der Waals surface area contributed by atoms with Gasteiger partial charge >= 0.3 is 5.97 Å². The molecule has 1 aliphatic carbocycles. The molecule has 366 valence electrons. The van der Waals surface area contributed by atoms with Crippen LogP contribution in [0.3, 0.4) is 0 Å². The van der Waals surface area contributed by atoms with Gasteiger partial charge in [-0.05, 0) is 107 Å². The fraction of sp³-hybridized carbons (Fsp3) is 0.745. The highest BCUT2D eigenvalue weighted by Gasteiger charge is 2.53. The van der Waals surface area contributed by atoms with Gasteiger partial charge in [-0.3, -0.25) is 19.2 Å². The van der Waals surface area contributed by atoms with E-state index in [0.717, 1.165) is 12.0 Å². The van der Waals surface area contributed by atoms with Crippen LogP contribution in [0, 0.1) is 35.5 Å². The molecule has 65 heavy (non-hydrogen) atoms. The number of methoxy groups -OCH3 is 3. The number of aliphatic hydroxyl groups excluding tert-OH is 2. The van der Waals surface area contributed by atoms with Crippen LogP contribution in [0.25, 0.3) is 0 Å². The molecule has 0 aromatic heterocycles. The molecule has 4 rings (SSSR count). The number of nitrogens with zero attached hydrogens (tertiary/aromatic N) is 1. The molecule has 15 atom stereocenters. The van der Waals surface area contributed by atoms with E-state index in [4.69, 9.17) is 23.7 Å². The van der Waals surface area contributed by atoms with Gasteiger partial charge in [0.15, 0.2) is 5.78 Å². The number of carbonyl (C=O) groups excluding carboxylic acids is 5. The minimum atomic E-state index is -2.43. The molecule has 14 heteroatoms. The van der Waals surface area contributed by atoms with Gasteiger partial charge in [-0.15, -0.1) is 0 Å². The lowest BCUT2D eigenvalue weighted by Crippen LogP contribution is -2.61. The third-order valence-electron chi connectivity index (χ3n) is 14.5. The van der Waals surface area contributed by atoms with Crippen LogP contribution in [-0.2, 0) is 47.7 Å². The second-order valence-corrected chi connectivity index (χ2v) is 19.6. The summed E-state index contributed by atoms with van der Waals surface area (Å²) < 4.78 is 29.4. The van der Waals surface area contributed by atoms with Gasteiger partial charge in [-0.25, -0.2) is 4.79 Å². The van der Waals surface area contributed by atoms with Crippen molar-refractivity contribution in [1.29, 1.82) is 0 Å². The highest BCUT2D eigenvalue weighted by atomic mass is 16.6. The van der Waals surface area contributed by atoms with Gasteiger partial charge in [0.1, 0.15) is 30.1 Å². The number of Topliss-reactive ketones (excluding diaryl/α,β-unsaturated/α-hetero) is 3. The predicted molar refractivity (Wildman–Crippen MR) is 245 cm³/mol. The topological polar surface area (TPSA) is 195 Å². The Kier molecular flexibility index (Phi) is 21.0. The van der Waals surface area contributed by atoms with Gasteiger partial charge in [0.05, 0.1) is 24.4 Å².